The molecule has 0 aliphatic carbocycles. The highest BCUT2D eigenvalue weighted by Gasteiger charge is 1.95. The molecule has 0 fully saturated rings. The number of ether oxygens (including phenoxy) is 1. The first-order valence-electron chi connectivity index (χ1n) is 4.81. The van der Waals surface area contributed by atoms with Gasteiger partial charge in [0.1, 0.15) is 5.82 Å². The average molecular weight is 214 g/mol. The van der Waals surface area contributed by atoms with Crippen molar-refractivity contribution < 1.29 is 14.2 Å². The lowest BCUT2D eigenvalue weighted by Gasteiger charge is -2.05. The fourth-order valence-corrected chi connectivity index (χ4v) is 1.10. The molecule has 0 aliphatic rings. The maximum atomic E-state index is 12.7. The molecule has 5 heteroatoms. The molecule has 0 amide bonds. The molecule has 0 atom stereocenters. The first kappa shape index (κ1) is 12.0. The molecule has 0 aliphatic heterocycles. The monoisotopic (exact) mass is 214 g/mol. The van der Waals surface area contributed by atoms with Crippen LogP contribution in [0.4, 0.5) is 4.39 Å². The van der Waals surface area contributed by atoms with Gasteiger partial charge < -0.3 is 15.2 Å². The summed E-state index contributed by atoms with van der Waals surface area (Å²) in [7, 11) is 0. The van der Waals surface area contributed by atoms with Gasteiger partial charge in [0.2, 0.25) is 0 Å². The van der Waals surface area contributed by atoms with E-state index in [2.05, 4.69) is 10.3 Å². The molecular formula is C10H15FN2O2. The first-order valence-corrected chi connectivity index (χ1v) is 4.81. The van der Waals surface area contributed by atoms with Gasteiger partial charge in [-0.05, 0) is 11.6 Å². The standard InChI is InChI=1S/C10H15FN2O2/c11-10-5-9(7-13-8-10)6-12-1-3-15-4-2-14/h5,7-8,12,14H,1-4,6H2. The Labute approximate surface area is 88.1 Å². The number of aliphatic hydroxyl groups excluding tert-OH is 1. The Morgan fingerprint density at radius 1 is 1.40 bits per heavy atom. The van der Waals surface area contributed by atoms with Crippen LogP contribution in [-0.4, -0.2) is 36.5 Å². The summed E-state index contributed by atoms with van der Waals surface area (Å²) in [6.45, 7) is 2.14. The van der Waals surface area contributed by atoms with Crippen molar-refractivity contribution in [2.75, 3.05) is 26.4 Å². The summed E-state index contributed by atoms with van der Waals surface area (Å²) < 4.78 is 17.7. The molecule has 1 aromatic rings. The van der Waals surface area contributed by atoms with Crippen molar-refractivity contribution in [1.82, 2.24) is 10.3 Å². The predicted molar refractivity (Wildman–Crippen MR) is 53.8 cm³/mol. The van der Waals surface area contributed by atoms with Crippen molar-refractivity contribution >= 4 is 0 Å². The van der Waals surface area contributed by atoms with Crippen LogP contribution in [0.3, 0.4) is 0 Å². The smallest absolute Gasteiger partial charge is 0.141 e. The third-order valence-electron chi connectivity index (χ3n) is 1.75. The number of rotatable bonds is 7. The van der Waals surface area contributed by atoms with Crippen LogP contribution in [0, 0.1) is 5.82 Å². The van der Waals surface area contributed by atoms with Crippen LogP contribution >= 0.6 is 0 Å². The van der Waals surface area contributed by atoms with E-state index in [1.807, 2.05) is 0 Å². The van der Waals surface area contributed by atoms with E-state index in [4.69, 9.17) is 9.84 Å². The third kappa shape index (κ3) is 5.41. The molecule has 0 spiro atoms. The zero-order valence-electron chi connectivity index (χ0n) is 8.45. The number of pyridine rings is 1. The summed E-state index contributed by atoms with van der Waals surface area (Å²) in [4.78, 5) is 3.73. The average Bonchev–Trinajstić information content (AvgIpc) is 2.23. The second kappa shape index (κ2) is 7.28. The van der Waals surface area contributed by atoms with E-state index in [1.165, 1.54) is 12.3 Å². The Bertz CT molecular complexity index is 284. The number of nitrogens with one attached hydrogen (secondary N) is 1. The molecule has 0 unspecified atom stereocenters. The van der Waals surface area contributed by atoms with Gasteiger partial charge in [-0.1, -0.05) is 0 Å². The number of nitrogens with zero attached hydrogens (tertiary/aromatic N) is 1. The van der Waals surface area contributed by atoms with E-state index in [1.54, 1.807) is 6.20 Å². The zero-order chi connectivity index (χ0) is 10.9. The summed E-state index contributed by atoms with van der Waals surface area (Å²) in [6.07, 6.45) is 2.79. The maximum Gasteiger partial charge on any atom is 0.141 e. The van der Waals surface area contributed by atoms with Gasteiger partial charge in [0.15, 0.2) is 0 Å². The predicted octanol–water partition coefficient (Wildman–Crippen LogP) is 0.319. The lowest BCUT2D eigenvalue weighted by atomic mass is 10.3. The number of hydrogen-bond acceptors (Lipinski definition) is 4. The lowest BCUT2D eigenvalue weighted by Crippen LogP contribution is -2.20. The minimum Gasteiger partial charge on any atom is -0.394 e. The molecule has 0 aromatic carbocycles. The molecule has 1 aromatic heterocycles. The maximum absolute atomic E-state index is 12.7. The van der Waals surface area contributed by atoms with Crippen molar-refractivity contribution in [2.24, 2.45) is 0 Å². The molecule has 0 saturated heterocycles. The van der Waals surface area contributed by atoms with E-state index in [0.29, 0.717) is 26.3 Å². The number of halogens is 1. The van der Waals surface area contributed by atoms with Gasteiger partial charge in [-0.2, -0.15) is 0 Å². The molecular weight excluding hydrogens is 199 g/mol. The number of aromatic nitrogens is 1. The summed E-state index contributed by atoms with van der Waals surface area (Å²) in [5.74, 6) is -0.328. The molecule has 1 rings (SSSR count). The van der Waals surface area contributed by atoms with Gasteiger partial charge in [-0.15, -0.1) is 0 Å². The highest BCUT2D eigenvalue weighted by molar-refractivity contribution is 5.09. The van der Waals surface area contributed by atoms with E-state index in [-0.39, 0.29) is 12.4 Å². The molecule has 0 radical (unpaired) electrons. The molecule has 15 heavy (non-hydrogen) atoms. The number of aliphatic hydroxyl groups is 1. The van der Waals surface area contributed by atoms with Gasteiger partial charge in [0, 0.05) is 19.3 Å². The Kier molecular flexibility index (Phi) is 5.84. The normalized spacial score (nSPS) is 10.5. The summed E-state index contributed by atoms with van der Waals surface area (Å²) in [5, 5.41) is 11.5. The minimum atomic E-state index is -0.328. The highest BCUT2D eigenvalue weighted by atomic mass is 19.1. The molecule has 4 nitrogen and oxygen atoms in total. The van der Waals surface area contributed by atoms with Gasteiger partial charge in [0.05, 0.1) is 26.0 Å². The van der Waals surface area contributed by atoms with Crippen LogP contribution in [0.2, 0.25) is 0 Å². The van der Waals surface area contributed by atoms with Crippen LogP contribution in [0.1, 0.15) is 5.56 Å². The second-order valence-corrected chi connectivity index (χ2v) is 3.02. The van der Waals surface area contributed by atoms with Crippen molar-refractivity contribution in [1.29, 1.82) is 0 Å². The largest absolute Gasteiger partial charge is 0.394 e. The topological polar surface area (TPSA) is 54.4 Å². The quantitative estimate of drug-likeness (QED) is 0.642. The van der Waals surface area contributed by atoms with Crippen molar-refractivity contribution in [3.63, 3.8) is 0 Å². The lowest BCUT2D eigenvalue weighted by molar-refractivity contribution is 0.0938. The zero-order valence-corrected chi connectivity index (χ0v) is 8.45. The summed E-state index contributed by atoms with van der Waals surface area (Å²) in [6, 6.07) is 1.44. The van der Waals surface area contributed by atoms with Crippen LogP contribution in [0.25, 0.3) is 0 Å². The molecule has 0 bridgehead atoms. The minimum absolute atomic E-state index is 0.0355. The molecule has 1 heterocycles. The fraction of sp³-hybridized carbons (Fsp3) is 0.500. The van der Waals surface area contributed by atoms with Gasteiger partial charge in [0.25, 0.3) is 0 Å². The fourth-order valence-electron chi connectivity index (χ4n) is 1.10. The van der Waals surface area contributed by atoms with Crippen molar-refractivity contribution in [3.8, 4) is 0 Å². The van der Waals surface area contributed by atoms with Crippen LogP contribution < -0.4 is 5.32 Å². The van der Waals surface area contributed by atoms with Gasteiger partial charge >= 0.3 is 0 Å². The van der Waals surface area contributed by atoms with Crippen molar-refractivity contribution in [3.05, 3.63) is 29.8 Å². The Balaban J connectivity index is 2.10. The third-order valence-corrected chi connectivity index (χ3v) is 1.75. The van der Waals surface area contributed by atoms with E-state index >= 15 is 0 Å². The van der Waals surface area contributed by atoms with E-state index in [9.17, 15) is 4.39 Å². The van der Waals surface area contributed by atoms with Gasteiger partial charge in [-0.25, -0.2) is 4.39 Å². The SMILES string of the molecule is OCCOCCNCc1cncc(F)c1. The van der Waals surface area contributed by atoms with Crippen molar-refractivity contribution in [2.45, 2.75) is 6.54 Å². The molecule has 0 saturated carbocycles. The molecule has 2 N–H and O–H groups in total. The van der Waals surface area contributed by atoms with Crippen LogP contribution in [0.5, 0.6) is 0 Å². The number of hydrogen-bond donors (Lipinski definition) is 2. The Morgan fingerprint density at radius 3 is 3.00 bits per heavy atom. The Hall–Kier alpha value is -1.04. The Morgan fingerprint density at radius 2 is 2.27 bits per heavy atom. The van der Waals surface area contributed by atoms with Gasteiger partial charge in [-0.3, -0.25) is 4.98 Å². The van der Waals surface area contributed by atoms with Crippen LogP contribution in [-0.2, 0) is 11.3 Å². The van der Waals surface area contributed by atoms with E-state index < -0.39 is 0 Å². The molecule has 84 valence electrons. The summed E-state index contributed by atoms with van der Waals surface area (Å²) >= 11 is 0. The van der Waals surface area contributed by atoms with E-state index in [0.717, 1.165) is 5.56 Å². The second-order valence-electron chi connectivity index (χ2n) is 3.02. The summed E-state index contributed by atoms with van der Waals surface area (Å²) in [5.41, 5.74) is 0.803. The first-order chi connectivity index (χ1) is 7.33. The highest BCUT2D eigenvalue weighted by Crippen LogP contribution is 1.99. The van der Waals surface area contributed by atoms with Crippen LogP contribution in [0.15, 0.2) is 18.5 Å².